The van der Waals surface area contributed by atoms with Gasteiger partial charge in [-0.15, -0.1) is 0 Å². The maximum absolute atomic E-state index is 12.0. The summed E-state index contributed by atoms with van der Waals surface area (Å²) in [4.78, 5) is 2.41. The van der Waals surface area contributed by atoms with Crippen LogP contribution in [0, 0.1) is 11.8 Å². The quantitative estimate of drug-likeness (QED) is 0.442. The predicted octanol–water partition coefficient (Wildman–Crippen LogP) is 6.39. The topological polar surface area (TPSA) is 41.9 Å². The number of piperidine rings is 1. The highest BCUT2D eigenvalue weighted by Gasteiger charge is 2.43. The lowest BCUT2D eigenvalue weighted by atomic mass is 9.80. The summed E-state index contributed by atoms with van der Waals surface area (Å²) in [6.07, 6.45) is 8.02. The van der Waals surface area contributed by atoms with Crippen LogP contribution in [0.5, 0.6) is 5.75 Å². The van der Waals surface area contributed by atoms with Gasteiger partial charge >= 0.3 is 0 Å². The Balaban J connectivity index is 1.49. The molecule has 0 radical (unpaired) electrons. The molecule has 3 atom stereocenters. The van der Waals surface area contributed by atoms with E-state index in [-0.39, 0.29) is 12.0 Å². The molecule has 0 bridgehead atoms. The maximum atomic E-state index is 12.0. The molecule has 4 rings (SSSR count). The van der Waals surface area contributed by atoms with Crippen LogP contribution < -0.4 is 4.74 Å². The lowest BCUT2D eigenvalue weighted by Crippen LogP contribution is -2.57. The first-order valence-corrected chi connectivity index (χ1v) is 13.3. The van der Waals surface area contributed by atoms with Crippen molar-refractivity contribution in [3.8, 4) is 5.75 Å². The van der Waals surface area contributed by atoms with Crippen molar-refractivity contribution >= 4 is 0 Å². The van der Waals surface area contributed by atoms with Crippen LogP contribution in [-0.2, 0) is 10.3 Å². The number of rotatable bonds is 10. The van der Waals surface area contributed by atoms with Gasteiger partial charge < -0.3 is 14.6 Å². The molecule has 4 heteroatoms. The van der Waals surface area contributed by atoms with E-state index in [1.54, 1.807) is 0 Å². The number of hydrogen-bond donors (Lipinski definition) is 1. The van der Waals surface area contributed by atoms with Gasteiger partial charge in [0.15, 0.2) is 5.72 Å². The van der Waals surface area contributed by atoms with Crippen molar-refractivity contribution in [2.24, 2.45) is 11.8 Å². The van der Waals surface area contributed by atoms with E-state index in [2.05, 4.69) is 37.8 Å². The zero-order chi connectivity index (χ0) is 24.0. The minimum absolute atomic E-state index is 0.0870. The molecule has 4 nitrogen and oxygen atoms in total. The Morgan fingerprint density at radius 3 is 2.24 bits per heavy atom. The van der Waals surface area contributed by atoms with Crippen LogP contribution >= 0.6 is 0 Å². The molecule has 0 aromatic heterocycles. The van der Waals surface area contributed by atoms with Crippen LogP contribution in [0.3, 0.4) is 0 Å². The summed E-state index contributed by atoms with van der Waals surface area (Å²) in [5, 5.41) is 12.0. The smallest absolute Gasteiger partial charge is 0.157 e. The van der Waals surface area contributed by atoms with Crippen LogP contribution in [0.4, 0.5) is 0 Å². The monoisotopic (exact) mass is 465 g/mol. The number of para-hydroxylation sites is 1. The van der Waals surface area contributed by atoms with Gasteiger partial charge in [0.2, 0.25) is 0 Å². The molecule has 186 valence electrons. The van der Waals surface area contributed by atoms with E-state index in [0.717, 1.165) is 56.5 Å². The van der Waals surface area contributed by atoms with Crippen LogP contribution in [-0.4, -0.2) is 41.5 Å². The zero-order valence-corrected chi connectivity index (χ0v) is 21.3. The Labute approximate surface area is 206 Å². The molecule has 1 N–H and O–H groups in total. The van der Waals surface area contributed by atoms with Crippen LogP contribution in [0.1, 0.15) is 71.3 Å². The van der Waals surface area contributed by atoms with E-state index in [9.17, 15) is 5.11 Å². The van der Waals surface area contributed by atoms with Crippen LogP contribution in [0.15, 0.2) is 60.7 Å². The lowest BCUT2D eigenvalue weighted by Gasteiger charge is -2.46. The second-order valence-corrected chi connectivity index (χ2v) is 10.8. The van der Waals surface area contributed by atoms with Crippen molar-refractivity contribution < 1.29 is 14.6 Å². The Morgan fingerprint density at radius 2 is 1.59 bits per heavy atom. The van der Waals surface area contributed by atoms with E-state index in [4.69, 9.17) is 9.47 Å². The summed E-state index contributed by atoms with van der Waals surface area (Å²) in [6, 6.07) is 20.3. The van der Waals surface area contributed by atoms with E-state index in [1.807, 2.05) is 48.5 Å². The zero-order valence-electron chi connectivity index (χ0n) is 21.3. The molecule has 2 aromatic rings. The Morgan fingerprint density at radius 1 is 0.941 bits per heavy atom. The highest BCUT2D eigenvalue weighted by atomic mass is 16.5. The third kappa shape index (κ3) is 5.84. The average molecular weight is 466 g/mol. The highest BCUT2D eigenvalue weighted by molar-refractivity contribution is 5.24. The van der Waals surface area contributed by atoms with Crippen LogP contribution in [0.2, 0.25) is 0 Å². The molecular formula is C30H43NO3. The van der Waals surface area contributed by atoms with Crippen molar-refractivity contribution in [1.29, 1.82) is 0 Å². The molecule has 1 aliphatic carbocycles. The van der Waals surface area contributed by atoms with Crippen molar-refractivity contribution in [2.45, 2.75) is 83.1 Å². The largest absolute Gasteiger partial charge is 0.473 e. The average Bonchev–Trinajstić information content (AvgIpc) is 3.40. The Kier molecular flexibility index (Phi) is 8.34. The Hall–Kier alpha value is -1.88. The standard InChI is InChI=1S/C30H43NO3/c1-4-13-24-20-21-31(29(2,3)34-27-18-9-6-10-19-27)22-28(24)33-23-30(32,26-16-11-12-17-26)25-14-7-5-8-15-25/h5-10,14-15,18-19,24,26,28,32H,4,11-13,16-17,20-23H2,1-3H3. The van der Waals surface area contributed by atoms with Gasteiger partial charge in [0, 0.05) is 13.1 Å². The van der Waals surface area contributed by atoms with Gasteiger partial charge in [0.25, 0.3) is 0 Å². The summed E-state index contributed by atoms with van der Waals surface area (Å²) in [5.74, 6) is 1.66. The number of likely N-dealkylation sites (tertiary alicyclic amines) is 1. The predicted molar refractivity (Wildman–Crippen MR) is 138 cm³/mol. The first kappa shape index (κ1) is 25.2. The molecule has 2 aliphatic rings. The van der Waals surface area contributed by atoms with Gasteiger partial charge in [-0.25, -0.2) is 0 Å². The van der Waals surface area contributed by atoms with Crippen molar-refractivity contribution in [2.75, 3.05) is 19.7 Å². The third-order valence-corrected chi connectivity index (χ3v) is 8.05. The maximum Gasteiger partial charge on any atom is 0.157 e. The van der Waals surface area contributed by atoms with Gasteiger partial charge in [-0.2, -0.15) is 0 Å². The number of hydrogen-bond acceptors (Lipinski definition) is 4. The minimum atomic E-state index is -0.924. The van der Waals surface area contributed by atoms with Gasteiger partial charge in [0.05, 0.1) is 12.7 Å². The molecule has 3 unspecified atom stereocenters. The number of ether oxygens (including phenoxy) is 2. The molecule has 0 spiro atoms. The molecule has 1 saturated heterocycles. The molecule has 2 aromatic carbocycles. The molecular weight excluding hydrogens is 422 g/mol. The second-order valence-electron chi connectivity index (χ2n) is 10.8. The van der Waals surface area contributed by atoms with Gasteiger partial charge in [-0.05, 0) is 69.1 Å². The van der Waals surface area contributed by atoms with Gasteiger partial charge in [-0.3, -0.25) is 4.90 Å². The molecule has 1 saturated carbocycles. The van der Waals surface area contributed by atoms with Crippen molar-refractivity contribution in [1.82, 2.24) is 4.90 Å². The van der Waals surface area contributed by atoms with Crippen LogP contribution in [0.25, 0.3) is 0 Å². The van der Waals surface area contributed by atoms with Crippen molar-refractivity contribution in [3.63, 3.8) is 0 Å². The Bertz CT molecular complexity index is 865. The molecule has 1 heterocycles. The fourth-order valence-electron chi connectivity index (χ4n) is 5.99. The third-order valence-electron chi connectivity index (χ3n) is 8.05. The first-order valence-electron chi connectivity index (χ1n) is 13.3. The second kappa shape index (κ2) is 11.2. The normalized spacial score (nSPS) is 24.1. The summed E-state index contributed by atoms with van der Waals surface area (Å²) < 4.78 is 13.1. The molecule has 1 aliphatic heterocycles. The lowest BCUT2D eigenvalue weighted by molar-refractivity contribution is -0.157. The summed E-state index contributed by atoms with van der Waals surface area (Å²) in [5.41, 5.74) is -0.358. The van der Waals surface area contributed by atoms with Gasteiger partial charge in [0.1, 0.15) is 11.4 Å². The number of aliphatic hydroxyl groups is 1. The van der Waals surface area contributed by atoms with E-state index in [1.165, 1.54) is 12.8 Å². The van der Waals surface area contributed by atoms with E-state index >= 15 is 0 Å². The highest BCUT2D eigenvalue weighted by Crippen LogP contribution is 2.42. The number of nitrogens with zero attached hydrogens (tertiary/aromatic N) is 1. The molecule has 2 fully saturated rings. The first-order chi connectivity index (χ1) is 16.4. The molecule has 34 heavy (non-hydrogen) atoms. The fraction of sp³-hybridized carbons (Fsp3) is 0.600. The number of benzene rings is 2. The van der Waals surface area contributed by atoms with Gasteiger partial charge in [-0.1, -0.05) is 74.7 Å². The summed E-state index contributed by atoms with van der Waals surface area (Å²) in [6.45, 7) is 8.73. The SMILES string of the molecule is CCCC1CCN(C(C)(C)Oc2ccccc2)CC1OCC(O)(c1ccccc1)C1CCCC1. The van der Waals surface area contributed by atoms with E-state index in [0.29, 0.717) is 12.5 Å². The molecule has 0 amide bonds. The fourth-order valence-corrected chi connectivity index (χ4v) is 5.99. The summed E-state index contributed by atoms with van der Waals surface area (Å²) in [7, 11) is 0. The van der Waals surface area contributed by atoms with Crippen molar-refractivity contribution in [3.05, 3.63) is 66.2 Å². The summed E-state index contributed by atoms with van der Waals surface area (Å²) >= 11 is 0. The van der Waals surface area contributed by atoms with E-state index < -0.39 is 11.3 Å². The minimum Gasteiger partial charge on any atom is -0.473 e.